The third-order valence-electron chi connectivity index (χ3n) is 2.73. The molecule has 6 nitrogen and oxygen atoms in total. The normalized spacial score (nSPS) is 11.8. The lowest BCUT2D eigenvalue weighted by Crippen LogP contribution is -2.41. The third-order valence-corrected chi connectivity index (χ3v) is 2.73. The van der Waals surface area contributed by atoms with Crippen molar-refractivity contribution in [3.63, 3.8) is 0 Å². The first-order chi connectivity index (χ1) is 9.04. The number of carboxylic acids is 1. The quantitative estimate of drug-likeness (QED) is 0.525. The van der Waals surface area contributed by atoms with Gasteiger partial charge in [-0.2, -0.15) is 0 Å². The van der Waals surface area contributed by atoms with E-state index in [0.717, 1.165) is 5.56 Å². The van der Waals surface area contributed by atoms with Gasteiger partial charge in [0.1, 0.15) is 6.04 Å². The second-order valence-electron chi connectivity index (χ2n) is 4.17. The number of amides is 1. The van der Waals surface area contributed by atoms with E-state index in [1.807, 2.05) is 12.1 Å². The van der Waals surface area contributed by atoms with Gasteiger partial charge < -0.3 is 21.3 Å². The molecule has 0 fully saturated rings. The van der Waals surface area contributed by atoms with Gasteiger partial charge in [0.25, 0.3) is 0 Å². The van der Waals surface area contributed by atoms with E-state index in [1.165, 1.54) is 0 Å². The Morgan fingerprint density at radius 3 is 2.58 bits per heavy atom. The molecule has 0 saturated carbocycles. The molecule has 0 spiro atoms. The SMILES string of the molecule is Nc1ccccc1CCC(=O)N[C@H](CCO)C(=O)O. The van der Waals surface area contributed by atoms with Crippen molar-refractivity contribution in [3.8, 4) is 0 Å². The molecular weight excluding hydrogens is 248 g/mol. The van der Waals surface area contributed by atoms with Crippen molar-refractivity contribution in [1.82, 2.24) is 5.32 Å². The van der Waals surface area contributed by atoms with Crippen molar-refractivity contribution in [2.75, 3.05) is 12.3 Å². The molecule has 0 heterocycles. The van der Waals surface area contributed by atoms with E-state index in [0.29, 0.717) is 12.1 Å². The predicted molar refractivity (Wildman–Crippen MR) is 70.4 cm³/mol. The first kappa shape index (κ1) is 15.0. The molecule has 0 aliphatic rings. The smallest absolute Gasteiger partial charge is 0.326 e. The van der Waals surface area contributed by atoms with Gasteiger partial charge in [0.05, 0.1) is 0 Å². The van der Waals surface area contributed by atoms with E-state index in [4.69, 9.17) is 15.9 Å². The van der Waals surface area contributed by atoms with E-state index in [1.54, 1.807) is 12.1 Å². The topological polar surface area (TPSA) is 113 Å². The van der Waals surface area contributed by atoms with E-state index in [-0.39, 0.29) is 25.4 Å². The Bertz CT molecular complexity index is 448. The number of para-hydroxylation sites is 1. The molecule has 1 aromatic rings. The molecule has 0 aromatic heterocycles. The molecule has 1 amide bonds. The Hall–Kier alpha value is -2.08. The number of carboxylic acid groups (broad SMARTS) is 1. The number of nitrogens with two attached hydrogens (primary N) is 1. The van der Waals surface area contributed by atoms with Gasteiger partial charge in [-0.15, -0.1) is 0 Å². The van der Waals surface area contributed by atoms with Crippen molar-refractivity contribution >= 4 is 17.6 Å². The first-order valence-corrected chi connectivity index (χ1v) is 6.01. The largest absolute Gasteiger partial charge is 0.480 e. The number of aliphatic hydroxyl groups is 1. The molecule has 1 rings (SSSR count). The van der Waals surface area contributed by atoms with Crippen LogP contribution in [0.3, 0.4) is 0 Å². The van der Waals surface area contributed by atoms with Gasteiger partial charge >= 0.3 is 5.97 Å². The second-order valence-corrected chi connectivity index (χ2v) is 4.17. The van der Waals surface area contributed by atoms with Gasteiger partial charge in [0, 0.05) is 25.1 Å². The Morgan fingerprint density at radius 1 is 1.32 bits per heavy atom. The van der Waals surface area contributed by atoms with Crippen LogP contribution in [0.2, 0.25) is 0 Å². The minimum Gasteiger partial charge on any atom is -0.480 e. The van der Waals surface area contributed by atoms with Crippen LogP contribution in [0, 0.1) is 0 Å². The van der Waals surface area contributed by atoms with Crippen molar-refractivity contribution in [2.24, 2.45) is 0 Å². The summed E-state index contributed by atoms with van der Waals surface area (Å²) >= 11 is 0. The van der Waals surface area contributed by atoms with E-state index in [9.17, 15) is 9.59 Å². The molecule has 1 aromatic carbocycles. The van der Waals surface area contributed by atoms with Gasteiger partial charge in [-0.3, -0.25) is 4.79 Å². The Morgan fingerprint density at radius 2 is 2.00 bits per heavy atom. The number of carbonyl (C=O) groups excluding carboxylic acids is 1. The number of nitrogens with one attached hydrogen (secondary N) is 1. The molecule has 104 valence electrons. The summed E-state index contributed by atoms with van der Waals surface area (Å²) in [6.07, 6.45) is 0.599. The second kappa shape index (κ2) is 7.38. The maximum atomic E-state index is 11.6. The van der Waals surface area contributed by atoms with Crippen molar-refractivity contribution in [2.45, 2.75) is 25.3 Å². The van der Waals surface area contributed by atoms with Crippen LogP contribution in [0.4, 0.5) is 5.69 Å². The van der Waals surface area contributed by atoms with Crippen molar-refractivity contribution < 1.29 is 19.8 Å². The summed E-state index contributed by atoms with van der Waals surface area (Å²) in [5, 5.41) is 19.9. The van der Waals surface area contributed by atoms with Crippen LogP contribution in [-0.2, 0) is 16.0 Å². The summed E-state index contributed by atoms with van der Waals surface area (Å²) in [4.78, 5) is 22.4. The first-order valence-electron chi connectivity index (χ1n) is 6.01. The van der Waals surface area contributed by atoms with E-state index in [2.05, 4.69) is 5.32 Å². The molecule has 0 saturated heterocycles. The molecule has 5 N–H and O–H groups in total. The minimum atomic E-state index is -1.15. The van der Waals surface area contributed by atoms with Gasteiger partial charge in [-0.25, -0.2) is 4.79 Å². The van der Waals surface area contributed by atoms with Gasteiger partial charge in [0.2, 0.25) is 5.91 Å². The zero-order valence-corrected chi connectivity index (χ0v) is 10.5. The molecule has 0 aliphatic carbocycles. The fourth-order valence-electron chi connectivity index (χ4n) is 1.66. The summed E-state index contributed by atoms with van der Waals surface area (Å²) in [5.74, 6) is -1.52. The van der Waals surface area contributed by atoms with Crippen molar-refractivity contribution in [3.05, 3.63) is 29.8 Å². The predicted octanol–water partition coefficient (Wildman–Crippen LogP) is 0.153. The average molecular weight is 266 g/mol. The summed E-state index contributed by atoms with van der Waals surface area (Å²) in [5.41, 5.74) is 7.21. The van der Waals surface area contributed by atoms with Crippen molar-refractivity contribution in [1.29, 1.82) is 0 Å². The standard InChI is InChI=1S/C13H18N2O4/c14-10-4-2-1-3-9(10)5-6-12(17)15-11(7-8-16)13(18)19/h1-4,11,16H,5-8,14H2,(H,15,17)(H,18,19)/t11-/m1/s1. The Labute approximate surface area is 111 Å². The molecular formula is C13H18N2O4. The van der Waals surface area contributed by atoms with Crippen LogP contribution in [0.25, 0.3) is 0 Å². The monoisotopic (exact) mass is 266 g/mol. The number of anilines is 1. The summed E-state index contributed by atoms with van der Waals surface area (Å²) in [7, 11) is 0. The third kappa shape index (κ3) is 4.97. The van der Waals surface area contributed by atoms with Crippen LogP contribution >= 0.6 is 0 Å². The number of aliphatic carboxylic acids is 1. The maximum absolute atomic E-state index is 11.6. The number of carbonyl (C=O) groups is 2. The van der Waals surface area contributed by atoms with Crippen LogP contribution < -0.4 is 11.1 Å². The van der Waals surface area contributed by atoms with Crippen LogP contribution in [0.1, 0.15) is 18.4 Å². The highest BCUT2D eigenvalue weighted by Crippen LogP contribution is 2.12. The summed E-state index contributed by atoms with van der Waals surface area (Å²) in [6, 6.07) is 6.16. The molecule has 0 unspecified atom stereocenters. The molecule has 0 bridgehead atoms. The molecule has 6 heteroatoms. The zero-order valence-electron chi connectivity index (χ0n) is 10.5. The summed E-state index contributed by atoms with van der Waals surface area (Å²) < 4.78 is 0. The maximum Gasteiger partial charge on any atom is 0.326 e. The lowest BCUT2D eigenvalue weighted by molar-refractivity contribution is -0.142. The summed E-state index contributed by atoms with van der Waals surface area (Å²) in [6.45, 7) is -0.289. The van der Waals surface area contributed by atoms with Crippen LogP contribution in [0.5, 0.6) is 0 Å². The lowest BCUT2D eigenvalue weighted by Gasteiger charge is -2.13. The minimum absolute atomic E-state index is 0.00541. The zero-order chi connectivity index (χ0) is 14.3. The Kier molecular flexibility index (Phi) is 5.81. The van der Waals surface area contributed by atoms with Crippen LogP contribution in [-0.4, -0.2) is 34.7 Å². The Balaban J connectivity index is 2.47. The van der Waals surface area contributed by atoms with E-state index >= 15 is 0 Å². The molecule has 0 aliphatic heterocycles. The molecule has 1 atom stereocenters. The van der Waals surface area contributed by atoms with Gasteiger partial charge in [-0.05, 0) is 18.1 Å². The average Bonchev–Trinajstić information content (AvgIpc) is 2.37. The highest BCUT2D eigenvalue weighted by Gasteiger charge is 2.18. The number of hydrogen-bond donors (Lipinski definition) is 4. The molecule has 0 radical (unpaired) electrons. The number of rotatable bonds is 7. The fourth-order valence-corrected chi connectivity index (χ4v) is 1.66. The number of aliphatic hydroxyl groups excluding tert-OH is 1. The van der Waals surface area contributed by atoms with Crippen LogP contribution in [0.15, 0.2) is 24.3 Å². The van der Waals surface area contributed by atoms with Gasteiger partial charge in [-0.1, -0.05) is 18.2 Å². The number of aryl methyl sites for hydroxylation is 1. The van der Waals surface area contributed by atoms with E-state index < -0.39 is 12.0 Å². The number of hydrogen-bond acceptors (Lipinski definition) is 4. The highest BCUT2D eigenvalue weighted by molar-refractivity contribution is 5.83. The number of nitrogen functional groups attached to an aromatic ring is 1. The van der Waals surface area contributed by atoms with Gasteiger partial charge in [0.15, 0.2) is 0 Å². The number of benzene rings is 1. The highest BCUT2D eigenvalue weighted by atomic mass is 16.4. The molecule has 19 heavy (non-hydrogen) atoms. The lowest BCUT2D eigenvalue weighted by atomic mass is 10.1. The fraction of sp³-hybridized carbons (Fsp3) is 0.385.